The molecule has 4 fully saturated rings. The zero-order valence-electron chi connectivity index (χ0n) is 25.1. The van der Waals surface area contributed by atoms with Crippen LogP contribution in [0.25, 0.3) is 0 Å². The van der Waals surface area contributed by atoms with Crippen molar-refractivity contribution in [3.8, 4) is 5.75 Å². The van der Waals surface area contributed by atoms with Crippen LogP contribution in [0.5, 0.6) is 5.75 Å². The Morgan fingerprint density at radius 1 is 1.02 bits per heavy atom. The summed E-state index contributed by atoms with van der Waals surface area (Å²) in [4.78, 5) is 27.6. The fourth-order valence-electron chi connectivity index (χ4n) is 7.68. The van der Waals surface area contributed by atoms with Crippen LogP contribution in [-0.2, 0) is 28.5 Å². The van der Waals surface area contributed by atoms with Crippen molar-refractivity contribution in [2.45, 2.75) is 94.7 Å². The van der Waals surface area contributed by atoms with Gasteiger partial charge >= 0.3 is 6.18 Å². The average Bonchev–Trinajstić information content (AvgIpc) is 3.41. The minimum atomic E-state index is -4.77. The lowest BCUT2D eigenvalue weighted by molar-refractivity contribution is -0.388. The van der Waals surface area contributed by atoms with E-state index in [0.717, 1.165) is 81.5 Å². The molecule has 3 atom stereocenters. The summed E-state index contributed by atoms with van der Waals surface area (Å²) < 4.78 is 65.5. The molecular weight excluding hydrogens is 594 g/mol. The maximum Gasteiger partial charge on any atom is 0.423 e. The Hall–Kier alpha value is -3.25. The van der Waals surface area contributed by atoms with Gasteiger partial charge in [0, 0.05) is 49.8 Å². The van der Waals surface area contributed by atoms with E-state index in [1.807, 2.05) is 4.90 Å². The third kappa shape index (κ3) is 7.43. The van der Waals surface area contributed by atoms with E-state index in [1.54, 1.807) is 12.1 Å². The van der Waals surface area contributed by atoms with E-state index in [9.17, 15) is 32.5 Å². The maximum absolute atomic E-state index is 13.6. The first-order valence-corrected chi connectivity index (χ1v) is 16.0. The van der Waals surface area contributed by atoms with Gasteiger partial charge in [-0.05, 0) is 87.1 Å². The van der Waals surface area contributed by atoms with Crippen molar-refractivity contribution in [2.24, 2.45) is 5.92 Å². The van der Waals surface area contributed by atoms with Gasteiger partial charge in [-0.3, -0.25) is 19.8 Å². The highest BCUT2D eigenvalue weighted by Gasteiger charge is 2.42. The number of alkyl halides is 3. The summed E-state index contributed by atoms with van der Waals surface area (Å²) >= 11 is 0. The van der Waals surface area contributed by atoms with E-state index in [-0.39, 0.29) is 42.6 Å². The van der Waals surface area contributed by atoms with E-state index >= 15 is 0 Å². The molecule has 1 aliphatic carbocycles. The smallest absolute Gasteiger partial charge is 0.423 e. The predicted octanol–water partition coefficient (Wildman–Crippen LogP) is 6.33. The first kappa shape index (κ1) is 31.7. The second-order valence-corrected chi connectivity index (χ2v) is 13.0. The van der Waals surface area contributed by atoms with E-state index in [0.29, 0.717) is 37.3 Å². The topological polar surface area (TPSA) is 85.1 Å². The van der Waals surface area contributed by atoms with Crippen molar-refractivity contribution in [1.82, 2.24) is 9.80 Å². The van der Waals surface area contributed by atoms with Crippen LogP contribution >= 0.6 is 0 Å². The average molecular weight is 634 g/mol. The van der Waals surface area contributed by atoms with Crippen LogP contribution in [0.4, 0.5) is 23.2 Å². The molecule has 1 amide bonds. The largest absolute Gasteiger partial charge is 0.488 e. The van der Waals surface area contributed by atoms with E-state index in [2.05, 4.69) is 4.90 Å². The summed E-state index contributed by atoms with van der Waals surface area (Å²) in [6.07, 6.45) is 3.55. The van der Waals surface area contributed by atoms with Gasteiger partial charge in [-0.2, -0.15) is 13.2 Å². The van der Waals surface area contributed by atoms with Crippen LogP contribution in [0.2, 0.25) is 0 Å². The summed E-state index contributed by atoms with van der Waals surface area (Å²) in [6.45, 7) is 2.34. The molecule has 8 nitrogen and oxygen atoms in total. The molecule has 12 heteroatoms. The Labute approximate surface area is 259 Å². The van der Waals surface area contributed by atoms with Gasteiger partial charge in [0.15, 0.2) is 0 Å². The highest BCUT2D eigenvalue weighted by Crippen LogP contribution is 2.38. The number of nitro benzene ring substituents is 1. The Kier molecular flexibility index (Phi) is 9.33. The molecule has 0 spiro atoms. The molecule has 0 aromatic heterocycles. The number of hydrogen-bond donors (Lipinski definition) is 0. The van der Waals surface area contributed by atoms with Gasteiger partial charge in [0.2, 0.25) is 5.91 Å². The molecule has 2 aromatic rings. The molecule has 45 heavy (non-hydrogen) atoms. The first-order valence-electron chi connectivity index (χ1n) is 16.0. The lowest BCUT2D eigenvalue weighted by atomic mass is 9.84. The van der Waals surface area contributed by atoms with E-state index in [4.69, 9.17) is 9.47 Å². The van der Waals surface area contributed by atoms with E-state index < -0.39 is 22.4 Å². The Balaban J connectivity index is 0.894. The molecule has 2 aromatic carbocycles. The first-order chi connectivity index (χ1) is 21.5. The number of rotatable bonds is 10. The molecule has 4 heterocycles. The number of hydrogen-bond acceptors (Lipinski definition) is 6. The number of benzene rings is 2. The zero-order valence-corrected chi connectivity index (χ0v) is 25.1. The van der Waals surface area contributed by atoms with Crippen LogP contribution < -0.4 is 4.74 Å². The number of halogens is 4. The summed E-state index contributed by atoms with van der Waals surface area (Å²) in [6, 6.07) is 8.37. The predicted molar refractivity (Wildman–Crippen MR) is 157 cm³/mol. The minimum Gasteiger partial charge on any atom is -0.488 e. The second-order valence-electron chi connectivity index (χ2n) is 13.0. The number of ether oxygens (including phenoxy) is 2. The molecule has 244 valence electrons. The number of nitro groups is 1. The Morgan fingerprint density at radius 3 is 2.51 bits per heavy atom. The third-order valence-electron chi connectivity index (χ3n) is 10.0. The maximum atomic E-state index is 13.6. The number of piperidine rings is 2. The number of carbonyl (C=O) groups is 1. The molecule has 5 aliphatic rings. The summed E-state index contributed by atoms with van der Waals surface area (Å²) in [7, 11) is 0. The molecule has 2 bridgehead atoms. The fourth-order valence-corrected chi connectivity index (χ4v) is 7.68. The van der Waals surface area contributed by atoms with Crippen molar-refractivity contribution in [2.75, 3.05) is 26.2 Å². The van der Waals surface area contributed by atoms with Gasteiger partial charge in [-0.25, -0.2) is 4.39 Å². The Bertz CT molecular complexity index is 1400. The van der Waals surface area contributed by atoms with Gasteiger partial charge in [0.1, 0.15) is 29.8 Å². The van der Waals surface area contributed by atoms with Gasteiger partial charge < -0.3 is 14.4 Å². The van der Waals surface area contributed by atoms with Gasteiger partial charge in [-0.1, -0.05) is 12.5 Å². The quantitative estimate of drug-likeness (QED) is 0.173. The normalized spacial score (nSPS) is 26.5. The lowest BCUT2D eigenvalue weighted by Gasteiger charge is -2.52. The highest BCUT2D eigenvalue weighted by atomic mass is 19.4. The number of carbonyl (C=O) groups excluding carboxylic acids is 1. The van der Waals surface area contributed by atoms with Crippen molar-refractivity contribution in [1.29, 1.82) is 0 Å². The molecule has 1 saturated carbocycles. The number of piperazine rings is 1. The molecule has 3 saturated heterocycles. The lowest BCUT2D eigenvalue weighted by Crippen LogP contribution is -2.65. The van der Waals surface area contributed by atoms with E-state index in [1.165, 1.54) is 12.1 Å². The van der Waals surface area contributed by atoms with Gasteiger partial charge in [0.05, 0.1) is 11.0 Å². The molecule has 7 rings (SSSR count). The SMILES string of the molecule is O=C(COC1CCC(CCCc2ccc([N+](=O)[O-])c(C(F)(F)F)c2)CC1)N1CC2CCC1CN2CC1Cc2cc(F)ccc2O1. The summed E-state index contributed by atoms with van der Waals surface area (Å²) in [5, 5.41) is 11.0. The zero-order chi connectivity index (χ0) is 31.7. The second kappa shape index (κ2) is 13.2. The number of nitrogens with zero attached hydrogens (tertiary/aromatic N) is 3. The monoisotopic (exact) mass is 633 g/mol. The standard InChI is InChI=1S/C33H39F4N3O5/c34-24-7-13-31-23(15-24)16-28(45-31)19-38-17-26-9-8-25(38)18-39(26)32(41)20-44-27-10-4-21(5-11-27)2-1-3-22-6-12-30(40(42)43)29(14-22)33(35,36)37/h6-7,12-15,21,25-28H,1-5,8-11,16-20H2. The molecular formula is C33H39F4N3O5. The number of amides is 1. The van der Waals surface area contributed by atoms with Crippen LogP contribution in [-0.4, -0.2) is 71.2 Å². The van der Waals surface area contributed by atoms with Crippen LogP contribution in [0, 0.1) is 21.8 Å². The van der Waals surface area contributed by atoms with Gasteiger partial charge in [-0.15, -0.1) is 0 Å². The summed E-state index contributed by atoms with van der Waals surface area (Å²) in [5.41, 5.74) is -0.753. The van der Waals surface area contributed by atoms with Crippen LogP contribution in [0.3, 0.4) is 0 Å². The Morgan fingerprint density at radius 2 is 1.80 bits per heavy atom. The number of aryl methyl sites for hydroxylation is 1. The summed E-state index contributed by atoms with van der Waals surface area (Å²) in [5.74, 6) is 0.995. The van der Waals surface area contributed by atoms with Crippen LogP contribution in [0.15, 0.2) is 36.4 Å². The molecule has 0 N–H and O–H groups in total. The minimum absolute atomic E-state index is 0.00618. The molecule has 3 unspecified atom stereocenters. The van der Waals surface area contributed by atoms with Crippen molar-refractivity contribution in [3.05, 3.63) is 69.0 Å². The van der Waals surface area contributed by atoms with Crippen molar-refractivity contribution < 1.29 is 36.8 Å². The molecule has 0 radical (unpaired) electrons. The third-order valence-corrected chi connectivity index (χ3v) is 10.0. The fraction of sp³-hybridized carbons (Fsp3) is 0.606. The molecule has 4 aliphatic heterocycles. The highest BCUT2D eigenvalue weighted by molar-refractivity contribution is 5.78. The van der Waals surface area contributed by atoms with Crippen molar-refractivity contribution in [3.63, 3.8) is 0 Å². The van der Waals surface area contributed by atoms with Crippen LogP contribution in [0.1, 0.15) is 68.1 Å². The van der Waals surface area contributed by atoms with Crippen molar-refractivity contribution >= 4 is 11.6 Å². The number of fused-ring (bicyclic) bond motifs is 4. The van der Waals surface area contributed by atoms with Gasteiger partial charge in [0.25, 0.3) is 5.69 Å².